The number of amides is 1. The van der Waals surface area contributed by atoms with E-state index in [9.17, 15) is 9.59 Å². The molecule has 0 aliphatic heterocycles. The highest BCUT2D eigenvalue weighted by molar-refractivity contribution is 5.82. The fraction of sp³-hybridized carbons (Fsp3) is 0.385. The smallest absolute Gasteiger partial charge is 0.305 e. The van der Waals surface area contributed by atoms with E-state index in [2.05, 4.69) is 5.32 Å². The number of rotatable bonds is 6. The predicted molar refractivity (Wildman–Crippen MR) is 68.0 cm³/mol. The van der Waals surface area contributed by atoms with E-state index in [0.29, 0.717) is 6.42 Å². The van der Waals surface area contributed by atoms with Gasteiger partial charge in [-0.2, -0.15) is 0 Å². The third-order valence-electron chi connectivity index (χ3n) is 2.50. The first-order valence-electron chi connectivity index (χ1n) is 5.80. The number of benzene rings is 1. The molecule has 18 heavy (non-hydrogen) atoms. The average molecular weight is 250 g/mol. The summed E-state index contributed by atoms with van der Waals surface area (Å²) in [6, 6.07) is 8.37. The van der Waals surface area contributed by atoms with Crippen LogP contribution in [-0.2, 0) is 16.0 Å². The number of nitrogens with two attached hydrogens (primary N) is 1. The van der Waals surface area contributed by atoms with E-state index >= 15 is 0 Å². The minimum Gasteiger partial charge on any atom is -0.481 e. The molecule has 1 aromatic rings. The molecule has 5 heteroatoms. The van der Waals surface area contributed by atoms with Crippen LogP contribution in [0.2, 0.25) is 0 Å². The first kappa shape index (κ1) is 14.2. The van der Waals surface area contributed by atoms with E-state index in [1.165, 1.54) is 0 Å². The Morgan fingerprint density at radius 3 is 2.50 bits per heavy atom. The van der Waals surface area contributed by atoms with E-state index in [-0.39, 0.29) is 12.3 Å². The Hall–Kier alpha value is -1.88. The van der Waals surface area contributed by atoms with Crippen LogP contribution in [0.25, 0.3) is 0 Å². The van der Waals surface area contributed by atoms with Crippen LogP contribution in [-0.4, -0.2) is 29.1 Å². The SMILES string of the molecule is CC(CC(=O)O)NC(=O)[C@@H](N)Cc1ccccc1. The zero-order chi connectivity index (χ0) is 13.5. The number of carboxylic acid groups (broad SMARTS) is 1. The normalized spacial score (nSPS) is 13.7. The van der Waals surface area contributed by atoms with Crippen molar-refractivity contribution in [1.82, 2.24) is 5.32 Å². The lowest BCUT2D eigenvalue weighted by Crippen LogP contribution is -2.46. The van der Waals surface area contributed by atoms with Gasteiger partial charge in [-0.1, -0.05) is 30.3 Å². The summed E-state index contributed by atoms with van der Waals surface area (Å²) in [6.07, 6.45) is 0.330. The van der Waals surface area contributed by atoms with Gasteiger partial charge in [-0.15, -0.1) is 0 Å². The molecule has 1 unspecified atom stereocenters. The Morgan fingerprint density at radius 1 is 1.33 bits per heavy atom. The number of hydrogen-bond donors (Lipinski definition) is 3. The molecule has 0 aliphatic carbocycles. The number of nitrogens with one attached hydrogen (secondary N) is 1. The average Bonchev–Trinajstić information content (AvgIpc) is 2.28. The molecule has 0 saturated heterocycles. The number of carboxylic acids is 1. The molecule has 4 N–H and O–H groups in total. The summed E-state index contributed by atoms with van der Waals surface area (Å²) in [5.74, 6) is -1.27. The number of aliphatic carboxylic acids is 1. The third-order valence-corrected chi connectivity index (χ3v) is 2.50. The zero-order valence-corrected chi connectivity index (χ0v) is 10.3. The Kier molecular flexibility index (Phi) is 5.32. The molecule has 0 spiro atoms. The van der Waals surface area contributed by atoms with E-state index in [1.54, 1.807) is 6.92 Å². The summed E-state index contributed by atoms with van der Waals surface area (Å²) in [5.41, 5.74) is 6.75. The van der Waals surface area contributed by atoms with Crippen molar-refractivity contribution in [3.63, 3.8) is 0 Å². The first-order valence-corrected chi connectivity index (χ1v) is 5.80. The molecule has 1 amide bonds. The molecule has 0 aromatic heterocycles. The van der Waals surface area contributed by atoms with Gasteiger partial charge in [-0.3, -0.25) is 9.59 Å². The molecule has 0 heterocycles. The number of carbonyl (C=O) groups is 2. The zero-order valence-electron chi connectivity index (χ0n) is 10.3. The molecule has 2 atom stereocenters. The Bertz CT molecular complexity index is 406. The Morgan fingerprint density at radius 2 is 1.94 bits per heavy atom. The molecule has 0 aliphatic rings. The van der Waals surface area contributed by atoms with E-state index in [4.69, 9.17) is 10.8 Å². The first-order chi connectivity index (χ1) is 8.49. The topological polar surface area (TPSA) is 92.4 Å². The van der Waals surface area contributed by atoms with Crippen molar-refractivity contribution in [1.29, 1.82) is 0 Å². The third kappa shape index (κ3) is 4.97. The van der Waals surface area contributed by atoms with Gasteiger partial charge in [0.1, 0.15) is 0 Å². The van der Waals surface area contributed by atoms with Crippen molar-refractivity contribution in [2.75, 3.05) is 0 Å². The largest absolute Gasteiger partial charge is 0.481 e. The van der Waals surface area contributed by atoms with Gasteiger partial charge in [-0.25, -0.2) is 0 Å². The van der Waals surface area contributed by atoms with Crippen LogP contribution in [0.3, 0.4) is 0 Å². The van der Waals surface area contributed by atoms with Gasteiger partial charge >= 0.3 is 5.97 Å². The van der Waals surface area contributed by atoms with Gasteiger partial charge in [0.25, 0.3) is 0 Å². The molecule has 98 valence electrons. The van der Waals surface area contributed by atoms with Crippen molar-refractivity contribution in [3.8, 4) is 0 Å². The lowest BCUT2D eigenvalue weighted by Gasteiger charge is -2.16. The van der Waals surface area contributed by atoms with Gasteiger partial charge in [0.2, 0.25) is 5.91 Å². The Labute approximate surface area is 106 Å². The van der Waals surface area contributed by atoms with Gasteiger partial charge in [0.15, 0.2) is 0 Å². The summed E-state index contributed by atoms with van der Waals surface area (Å²) in [4.78, 5) is 22.2. The van der Waals surface area contributed by atoms with Crippen LogP contribution in [0.5, 0.6) is 0 Å². The molecule has 0 fully saturated rings. The molecular weight excluding hydrogens is 232 g/mol. The van der Waals surface area contributed by atoms with Crippen molar-refractivity contribution >= 4 is 11.9 Å². The summed E-state index contributed by atoms with van der Waals surface area (Å²) in [5, 5.41) is 11.2. The van der Waals surface area contributed by atoms with E-state index in [0.717, 1.165) is 5.56 Å². The summed E-state index contributed by atoms with van der Waals surface area (Å²) < 4.78 is 0. The highest BCUT2D eigenvalue weighted by Gasteiger charge is 2.17. The van der Waals surface area contributed by atoms with Gasteiger partial charge in [0, 0.05) is 6.04 Å². The standard InChI is InChI=1S/C13H18N2O3/c1-9(7-12(16)17)15-13(18)11(14)8-10-5-3-2-4-6-10/h2-6,9,11H,7-8,14H2,1H3,(H,15,18)(H,16,17)/t9?,11-/m0/s1. The van der Waals surface area contributed by atoms with Gasteiger partial charge < -0.3 is 16.2 Å². The summed E-state index contributed by atoms with van der Waals surface area (Å²) in [7, 11) is 0. The van der Waals surface area contributed by atoms with Crippen LogP contribution in [0.1, 0.15) is 18.9 Å². The van der Waals surface area contributed by atoms with E-state index in [1.807, 2.05) is 30.3 Å². The van der Waals surface area contributed by atoms with Crippen molar-refractivity contribution in [2.45, 2.75) is 31.8 Å². The second-order valence-corrected chi connectivity index (χ2v) is 4.30. The maximum absolute atomic E-state index is 11.7. The predicted octanol–water partition coefficient (Wildman–Crippen LogP) is 0.536. The maximum atomic E-state index is 11.7. The molecular formula is C13H18N2O3. The molecule has 1 rings (SSSR count). The summed E-state index contributed by atoms with van der Waals surface area (Å²) >= 11 is 0. The lowest BCUT2D eigenvalue weighted by molar-refractivity contribution is -0.137. The van der Waals surface area contributed by atoms with Crippen LogP contribution in [0, 0.1) is 0 Å². The van der Waals surface area contributed by atoms with E-state index < -0.39 is 18.1 Å². The minimum atomic E-state index is -0.945. The molecule has 0 bridgehead atoms. The summed E-state index contributed by atoms with van der Waals surface area (Å²) in [6.45, 7) is 1.64. The van der Waals surface area contributed by atoms with Crippen molar-refractivity contribution < 1.29 is 14.7 Å². The van der Waals surface area contributed by atoms with Crippen LogP contribution in [0.15, 0.2) is 30.3 Å². The number of hydrogen-bond acceptors (Lipinski definition) is 3. The monoisotopic (exact) mass is 250 g/mol. The fourth-order valence-electron chi connectivity index (χ4n) is 1.62. The van der Waals surface area contributed by atoms with Crippen molar-refractivity contribution in [3.05, 3.63) is 35.9 Å². The molecule has 0 radical (unpaired) electrons. The highest BCUT2D eigenvalue weighted by Crippen LogP contribution is 2.02. The Balaban J connectivity index is 2.44. The molecule has 5 nitrogen and oxygen atoms in total. The minimum absolute atomic E-state index is 0.107. The second kappa shape index (κ2) is 6.76. The fourth-order valence-corrected chi connectivity index (χ4v) is 1.62. The van der Waals surface area contributed by atoms with Crippen LogP contribution in [0.4, 0.5) is 0 Å². The van der Waals surface area contributed by atoms with Crippen LogP contribution >= 0.6 is 0 Å². The van der Waals surface area contributed by atoms with Gasteiger partial charge in [-0.05, 0) is 18.9 Å². The second-order valence-electron chi connectivity index (χ2n) is 4.30. The van der Waals surface area contributed by atoms with Gasteiger partial charge in [0.05, 0.1) is 12.5 Å². The maximum Gasteiger partial charge on any atom is 0.305 e. The van der Waals surface area contributed by atoms with Crippen LogP contribution < -0.4 is 11.1 Å². The molecule has 0 saturated carbocycles. The quantitative estimate of drug-likeness (QED) is 0.687. The molecule has 1 aromatic carbocycles. The lowest BCUT2D eigenvalue weighted by atomic mass is 10.1. The van der Waals surface area contributed by atoms with Crippen molar-refractivity contribution in [2.24, 2.45) is 5.73 Å². The highest BCUT2D eigenvalue weighted by atomic mass is 16.4. The number of carbonyl (C=O) groups excluding carboxylic acids is 1.